The van der Waals surface area contributed by atoms with Crippen molar-refractivity contribution in [2.24, 2.45) is 11.1 Å². The monoisotopic (exact) mass is 378 g/mol. The topological polar surface area (TPSA) is 59.0 Å². The standard InChI is InChI=1S/C18H10F4N2O3/c19-11-6-4-9(5-7-11)14-13-15(27-23-14)17(26)24(16(13)25)12-3-1-2-10(8-12)18(20,21)22/h1-8,13,15H/t13-,15-/m0/s1. The Kier molecular flexibility index (Phi) is 3.76. The van der Waals surface area contributed by atoms with Crippen molar-refractivity contribution in [1.29, 1.82) is 0 Å². The normalized spacial score (nSPS) is 21.9. The van der Waals surface area contributed by atoms with Gasteiger partial charge >= 0.3 is 6.18 Å². The van der Waals surface area contributed by atoms with Crippen LogP contribution in [0.15, 0.2) is 53.7 Å². The van der Waals surface area contributed by atoms with Gasteiger partial charge in [-0.15, -0.1) is 0 Å². The van der Waals surface area contributed by atoms with Crippen LogP contribution in [0.2, 0.25) is 0 Å². The van der Waals surface area contributed by atoms with Crippen molar-refractivity contribution < 1.29 is 32.0 Å². The maximum atomic E-state index is 13.1. The van der Waals surface area contributed by atoms with E-state index >= 15 is 0 Å². The molecule has 0 saturated carbocycles. The maximum absolute atomic E-state index is 13.1. The first kappa shape index (κ1) is 17.2. The van der Waals surface area contributed by atoms with E-state index in [1.54, 1.807) is 0 Å². The van der Waals surface area contributed by atoms with Crippen molar-refractivity contribution in [2.75, 3.05) is 4.90 Å². The molecule has 2 aliphatic heterocycles. The molecule has 0 N–H and O–H groups in total. The molecule has 2 aromatic rings. The Hall–Kier alpha value is -3.23. The molecule has 4 rings (SSSR count). The number of benzene rings is 2. The van der Waals surface area contributed by atoms with Crippen molar-refractivity contribution in [3.8, 4) is 0 Å². The third kappa shape index (κ3) is 2.75. The number of fused-ring (bicyclic) bond motifs is 1. The van der Waals surface area contributed by atoms with Gasteiger partial charge in [0.2, 0.25) is 12.0 Å². The number of nitrogens with zero attached hydrogens (tertiary/aromatic N) is 2. The van der Waals surface area contributed by atoms with Gasteiger partial charge in [0.15, 0.2) is 0 Å². The number of hydrogen-bond donors (Lipinski definition) is 0. The molecule has 2 amide bonds. The van der Waals surface area contributed by atoms with Gasteiger partial charge in [0.25, 0.3) is 5.91 Å². The van der Waals surface area contributed by atoms with E-state index in [0.29, 0.717) is 10.5 Å². The second-order valence-electron chi connectivity index (χ2n) is 6.05. The van der Waals surface area contributed by atoms with Crippen molar-refractivity contribution in [2.45, 2.75) is 12.3 Å². The average Bonchev–Trinajstić information content (AvgIpc) is 3.16. The minimum atomic E-state index is -4.62. The quantitative estimate of drug-likeness (QED) is 0.596. The van der Waals surface area contributed by atoms with Crippen molar-refractivity contribution in [1.82, 2.24) is 0 Å². The molecule has 2 aliphatic rings. The van der Waals surface area contributed by atoms with Crippen molar-refractivity contribution in [3.63, 3.8) is 0 Å². The Morgan fingerprint density at radius 3 is 2.37 bits per heavy atom. The van der Waals surface area contributed by atoms with E-state index in [-0.39, 0.29) is 11.4 Å². The van der Waals surface area contributed by atoms with Crippen LogP contribution in [0, 0.1) is 11.7 Å². The van der Waals surface area contributed by atoms with E-state index in [1.165, 1.54) is 18.2 Å². The Morgan fingerprint density at radius 2 is 1.70 bits per heavy atom. The molecule has 2 atom stereocenters. The van der Waals surface area contributed by atoms with Crippen LogP contribution in [0.1, 0.15) is 11.1 Å². The zero-order chi connectivity index (χ0) is 19.3. The number of carbonyl (C=O) groups excluding carboxylic acids is 2. The summed E-state index contributed by atoms with van der Waals surface area (Å²) >= 11 is 0. The lowest BCUT2D eigenvalue weighted by molar-refractivity contribution is -0.137. The molecular formula is C18H10F4N2O3. The largest absolute Gasteiger partial charge is 0.416 e. The summed E-state index contributed by atoms with van der Waals surface area (Å²) in [5.41, 5.74) is -0.661. The van der Waals surface area contributed by atoms with Crippen LogP contribution >= 0.6 is 0 Å². The molecule has 1 fully saturated rings. The summed E-state index contributed by atoms with van der Waals surface area (Å²) in [5.74, 6) is -3.14. The summed E-state index contributed by atoms with van der Waals surface area (Å²) in [6, 6.07) is 9.01. The number of hydrogen-bond acceptors (Lipinski definition) is 4. The lowest BCUT2D eigenvalue weighted by Gasteiger charge is -2.17. The molecule has 9 heteroatoms. The number of carbonyl (C=O) groups is 2. The zero-order valence-corrected chi connectivity index (χ0v) is 13.4. The molecule has 1 saturated heterocycles. The van der Waals surface area contributed by atoms with Gasteiger partial charge in [0.05, 0.1) is 11.3 Å². The highest BCUT2D eigenvalue weighted by molar-refractivity contribution is 6.32. The SMILES string of the molecule is O=C1[C@H]2C(c3ccc(F)cc3)=NO[C@@H]2C(=O)N1c1cccc(C(F)(F)F)c1. The van der Waals surface area contributed by atoms with E-state index in [4.69, 9.17) is 4.84 Å². The molecule has 138 valence electrons. The van der Waals surface area contributed by atoms with Crippen LogP contribution in [0.3, 0.4) is 0 Å². The fraction of sp³-hybridized carbons (Fsp3) is 0.167. The minimum absolute atomic E-state index is 0.132. The maximum Gasteiger partial charge on any atom is 0.416 e. The van der Waals surface area contributed by atoms with Gasteiger partial charge < -0.3 is 4.84 Å². The first-order chi connectivity index (χ1) is 12.8. The minimum Gasteiger partial charge on any atom is -0.381 e. The number of oxime groups is 1. The molecule has 0 aromatic heterocycles. The third-order valence-corrected chi connectivity index (χ3v) is 4.38. The predicted molar refractivity (Wildman–Crippen MR) is 85.2 cm³/mol. The summed E-state index contributed by atoms with van der Waals surface area (Å²) in [6.07, 6.45) is -5.87. The van der Waals surface area contributed by atoms with E-state index in [9.17, 15) is 27.2 Å². The Morgan fingerprint density at radius 1 is 1.00 bits per heavy atom. The number of halogens is 4. The van der Waals surface area contributed by atoms with Crippen molar-refractivity contribution >= 4 is 23.2 Å². The summed E-state index contributed by atoms with van der Waals surface area (Å²) in [7, 11) is 0. The van der Waals surface area contributed by atoms with Gasteiger partial charge in [-0.3, -0.25) is 9.59 Å². The molecule has 0 bridgehead atoms. The van der Waals surface area contributed by atoms with E-state index in [0.717, 1.165) is 30.3 Å². The first-order valence-corrected chi connectivity index (χ1v) is 7.82. The second-order valence-corrected chi connectivity index (χ2v) is 6.05. The van der Waals surface area contributed by atoms with Gasteiger partial charge in [-0.1, -0.05) is 23.4 Å². The molecule has 2 heterocycles. The summed E-state index contributed by atoms with van der Waals surface area (Å²) in [5, 5.41) is 3.75. The zero-order valence-electron chi connectivity index (χ0n) is 13.4. The van der Waals surface area contributed by atoms with Crippen LogP contribution in [0.5, 0.6) is 0 Å². The molecule has 27 heavy (non-hydrogen) atoms. The van der Waals surface area contributed by atoms with Gasteiger partial charge in [-0.05, 0) is 30.3 Å². The number of imide groups is 1. The van der Waals surface area contributed by atoms with Gasteiger partial charge in [0.1, 0.15) is 17.4 Å². The van der Waals surface area contributed by atoms with E-state index < -0.39 is 41.4 Å². The molecule has 0 radical (unpaired) electrons. The third-order valence-electron chi connectivity index (χ3n) is 4.38. The lowest BCUT2D eigenvalue weighted by Crippen LogP contribution is -2.33. The lowest BCUT2D eigenvalue weighted by atomic mass is 9.94. The van der Waals surface area contributed by atoms with Gasteiger partial charge in [-0.25, -0.2) is 9.29 Å². The second kappa shape index (κ2) is 5.90. The number of rotatable bonds is 2. The Bertz CT molecular complexity index is 969. The molecule has 5 nitrogen and oxygen atoms in total. The molecule has 0 unspecified atom stereocenters. The van der Waals surface area contributed by atoms with Crippen LogP contribution in [0.25, 0.3) is 0 Å². The van der Waals surface area contributed by atoms with Gasteiger partial charge in [0, 0.05) is 5.56 Å². The number of anilines is 1. The fourth-order valence-electron chi connectivity index (χ4n) is 3.11. The summed E-state index contributed by atoms with van der Waals surface area (Å²) in [6.45, 7) is 0. The van der Waals surface area contributed by atoms with Crippen molar-refractivity contribution in [3.05, 3.63) is 65.5 Å². The van der Waals surface area contributed by atoms with E-state index in [2.05, 4.69) is 5.16 Å². The fourth-order valence-corrected chi connectivity index (χ4v) is 3.11. The van der Waals surface area contributed by atoms with Crippen LogP contribution in [0.4, 0.5) is 23.2 Å². The highest BCUT2D eigenvalue weighted by Gasteiger charge is 2.56. The summed E-state index contributed by atoms with van der Waals surface area (Å²) in [4.78, 5) is 31.1. The van der Waals surface area contributed by atoms with Gasteiger partial charge in [-0.2, -0.15) is 13.2 Å². The Labute approximate surface area is 149 Å². The predicted octanol–water partition coefficient (Wildman–Crippen LogP) is 3.14. The molecule has 2 aromatic carbocycles. The van der Waals surface area contributed by atoms with Crippen LogP contribution in [-0.2, 0) is 20.6 Å². The Balaban J connectivity index is 1.69. The highest BCUT2D eigenvalue weighted by atomic mass is 19.4. The van der Waals surface area contributed by atoms with Crippen LogP contribution < -0.4 is 4.90 Å². The van der Waals surface area contributed by atoms with E-state index in [1.807, 2.05) is 0 Å². The molecular weight excluding hydrogens is 368 g/mol. The average molecular weight is 378 g/mol. The molecule has 0 aliphatic carbocycles. The number of alkyl halides is 3. The number of amides is 2. The smallest absolute Gasteiger partial charge is 0.381 e. The summed E-state index contributed by atoms with van der Waals surface area (Å²) < 4.78 is 51.9. The highest BCUT2D eigenvalue weighted by Crippen LogP contribution is 2.37. The first-order valence-electron chi connectivity index (χ1n) is 7.82. The molecule has 0 spiro atoms. The van der Waals surface area contributed by atoms with Crippen LogP contribution in [-0.4, -0.2) is 23.6 Å².